The minimum Gasteiger partial charge on any atom is -0.486 e. The standard InChI is InChI=1S/C13H16N2O2/c1-10(14)8-11-2-4-12(5-3-11)16-9-13-6-7-15-17-13/h2-7,10H,8-9,14H2,1H3. The quantitative estimate of drug-likeness (QED) is 0.858. The average Bonchev–Trinajstić information content (AvgIpc) is 2.80. The summed E-state index contributed by atoms with van der Waals surface area (Å²) >= 11 is 0. The van der Waals surface area contributed by atoms with Crippen molar-refractivity contribution < 1.29 is 9.26 Å². The van der Waals surface area contributed by atoms with Gasteiger partial charge in [0.25, 0.3) is 0 Å². The maximum atomic E-state index is 5.73. The van der Waals surface area contributed by atoms with Crippen LogP contribution in [0.5, 0.6) is 5.75 Å². The molecule has 1 aromatic carbocycles. The van der Waals surface area contributed by atoms with Gasteiger partial charge in [0.2, 0.25) is 0 Å². The summed E-state index contributed by atoms with van der Waals surface area (Å²) in [7, 11) is 0. The van der Waals surface area contributed by atoms with Crippen molar-refractivity contribution in [3.63, 3.8) is 0 Å². The zero-order chi connectivity index (χ0) is 12.1. The van der Waals surface area contributed by atoms with Crippen molar-refractivity contribution in [1.29, 1.82) is 0 Å². The minimum atomic E-state index is 0.177. The van der Waals surface area contributed by atoms with Gasteiger partial charge in [-0.2, -0.15) is 0 Å². The third kappa shape index (κ3) is 3.60. The second-order valence-corrected chi connectivity index (χ2v) is 4.09. The third-order valence-corrected chi connectivity index (χ3v) is 2.35. The Balaban J connectivity index is 1.89. The van der Waals surface area contributed by atoms with E-state index in [1.54, 1.807) is 12.3 Å². The molecule has 0 amide bonds. The Morgan fingerprint density at radius 3 is 2.65 bits per heavy atom. The Kier molecular flexibility index (Phi) is 3.77. The van der Waals surface area contributed by atoms with E-state index in [1.165, 1.54) is 5.56 Å². The van der Waals surface area contributed by atoms with Gasteiger partial charge in [0.15, 0.2) is 5.76 Å². The van der Waals surface area contributed by atoms with E-state index in [0.717, 1.165) is 12.2 Å². The molecule has 2 rings (SSSR count). The lowest BCUT2D eigenvalue weighted by Gasteiger charge is -2.07. The number of ether oxygens (including phenoxy) is 1. The molecule has 0 spiro atoms. The van der Waals surface area contributed by atoms with Crippen LogP contribution in [0.4, 0.5) is 0 Å². The topological polar surface area (TPSA) is 61.3 Å². The Labute approximate surface area is 100 Å². The van der Waals surface area contributed by atoms with Gasteiger partial charge in [-0.25, -0.2) is 0 Å². The first-order valence-corrected chi connectivity index (χ1v) is 5.61. The van der Waals surface area contributed by atoms with Crippen molar-refractivity contribution in [2.75, 3.05) is 0 Å². The number of benzene rings is 1. The monoisotopic (exact) mass is 232 g/mol. The van der Waals surface area contributed by atoms with Crippen LogP contribution in [0.15, 0.2) is 41.1 Å². The van der Waals surface area contributed by atoms with E-state index in [4.69, 9.17) is 15.0 Å². The highest BCUT2D eigenvalue weighted by atomic mass is 16.5. The molecule has 0 radical (unpaired) electrons. The fourth-order valence-corrected chi connectivity index (χ4v) is 1.56. The summed E-state index contributed by atoms with van der Waals surface area (Å²) in [5, 5.41) is 3.61. The van der Waals surface area contributed by atoms with Crippen molar-refractivity contribution in [3.05, 3.63) is 47.9 Å². The van der Waals surface area contributed by atoms with E-state index in [-0.39, 0.29) is 6.04 Å². The Hall–Kier alpha value is -1.81. The summed E-state index contributed by atoms with van der Waals surface area (Å²) in [4.78, 5) is 0. The molecule has 1 heterocycles. The van der Waals surface area contributed by atoms with Gasteiger partial charge in [-0.15, -0.1) is 0 Å². The van der Waals surface area contributed by atoms with Crippen molar-refractivity contribution in [1.82, 2.24) is 5.16 Å². The maximum Gasteiger partial charge on any atom is 0.174 e. The minimum absolute atomic E-state index is 0.177. The predicted octanol–water partition coefficient (Wildman–Crippen LogP) is 2.14. The zero-order valence-electron chi connectivity index (χ0n) is 9.80. The van der Waals surface area contributed by atoms with E-state index in [1.807, 2.05) is 31.2 Å². The van der Waals surface area contributed by atoms with Gasteiger partial charge in [-0.3, -0.25) is 0 Å². The van der Waals surface area contributed by atoms with Crippen LogP contribution < -0.4 is 10.5 Å². The summed E-state index contributed by atoms with van der Waals surface area (Å²) < 4.78 is 10.5. The summed E-state index contributed by atoms with van der Waals surface area (Å²) in [6.07, 6.45) is 2.48. The molecule has 2 aromatic rings. The van der Waals surface area contributed by atoms with Gasteiger partial charge >= 0.3 is 0 Å². The lowest BCUT2D eigenvalue weighted by Crippen LogP contribution is -2.17. The molecule has 17 heavy (non-hydrogen) atoms. The fraction of sp³-hybridized carbons (Fsp3) is 0.308. The first kappa shape index (κ1) is 11.7. The second-order valence-electron chi connectivity index (χ2n) is 4.09. The van der Waals surface area contributed by atoms with Crippen LogP contribution in [0, 0.1) is 0 Å². The van der Waals surface area contributed by atoms with Crippen LogP contribution in [0.2, 0.25) is 0 Å². The molecule has 0 fully saturated rings. The Bertz CT molecular complexity index is 435. The lowest BCUT2D eigenvalue weighted by molar-refractivity contribution is 0.249. The Morgan fingerprint density at radius 1 is 1.29 bits per heavy atom. The summed E-state index contributed by atoms with van der Waals surface area (Å²) in [6, 6.07) is 9.89. The number of hydrogen-bond acceptors (Lipinski definition) is 4. The number of hydrogen-bond donors (Lipinski definition) is 1. The van der Waals surface area contributed by atoms with E-state index in [0.29, 0.717) is 12.4 Å². The molecule has 90 valence electrons. The molecule has 0 aliphatic carbocycles. The van der Waals surface area contributed by atoms with E-state index < -0.39 is 0 Å². The molecule has 1 aromatic heterocycles. The maximum absolute atomic E-state index is 5.73. The van der Waals surface area contributed by atoms with Crippen LogP contribution in [0.3, 0.4) is 0 Å². The SMILES string of the molecule is CC(N)Cc1ccc(OCc2ccno2)cc1. The van der Waals surface area contributed by atoms with Crippen LogP contribution in [-0.2, 0) is 13.0 Å². The zero-order valence-corrected chi connectivity index (χ0v) is 9.80. The summed E-state index contributed by atoms with van der Waals surface area (Å²) in [5.41, 5.74) is 6.95. The largest absolute Gasteiger partial charge is 0.486 e. The molecule has 4 nitrogen and oxygen atoms in total. The molecule has 4 heteroatoms. The molecule has 0 saturated carbocycles. The number of nitrogens with two attached hydrogens (primary N) is 1. The van der Waals surface area contributed by atoms with E-state index in [9.17, 15) is 0 Å². The van der Waals surface area contributed by atoms with Gasteiger partial charge in [-0.05, 0) is 31.0 Å². The number of nitrogens with zero attached hydrogens (tertiary/aromatic N) is 1. The molecule has 0 aliphatic heterocycles. The normalized spacial score (nSPS) is 12.4. The van der Waals surface area contributed by atoms with Crippen molar-refractivity contribution >= 4 is 0 Å². The molecular formula is C13H16N2O2. The predicted molar refractivity (Wildman–Crippen MR) is 64.6 cm³/mol. The third-order valence-electron chi connectivity index (χ3n) is 2.35. The first-order chi connectivity index (χ1) is 8.24. The highest BCUT2D eigenvalue weighted by Crippen LogP contribution is 2.14. The molecule has 2 N–H and O–H groups in total. The molecule has 0 bridgehead atoms. The molecule has 1 atom stereocenters. The molecule has 0 aliphatic rings. The smallest absolute Gasteiger partial charge is 0.174 e. The molecule has 0 saturated heterocycles. The van der Waals surface area contributed by atoms with Gasteiger partial charge in [0.05, 0.1) is 6.20 Å². The van der Waals surface area contributed by atoms with Crippen molar-refractivity contribution in [2.45, 2.75) is 26.0 Å². The fourth-order valence-electron chi connectivity index (χ4n) is 1.56. The van der Waals surface area contributed by atoms with Crippen LogP contribution in [-0.4, -0.2) is 11.2 Å². The highest BCUT2D eigenvalue weighted by Gasteiger charge is 2.01. The second kappa shape index (κ2) is 5.50. The molecular weight excluding hydrogens is 216 g/mol. The molecule has 1 unspecified atom stereocenters. The summed E-state index contributed by atoms with van der Waals surface area (Å²) in [6.45, 7) is 2.39. The van der Waals surface area contributed by atoms with Crippen LogP contribution in [0.25, 0.3) is 0 Å². The van der Waals surface area contributed by atoms with Crippen molar-refractivity contribution in [2.24, 2.45) is 5.73 Å². The van der Waals surface area contributed by atoms with E-state index >= 15 is 0 Å². The Morgan fingerprint density at radius 2 is 2.06 bits per heavy atom. The van der Waals surface area contributed by atoms with Gasteiger partial charge in [0.1, 0.15) is 12.4 Å². The first-order valence-electron chi connectivity index (χ1n) is 5.61. The van der Waals surface area contributed by atoms with Crippen LogP contribution in [0.1, 0.15) is 18.2 Å². The lowest BCUT2D eigenvalue weighted by atomic mass is 10.1. The van der Waals surface area contributed by atoms with Gasteiger partial charge < -0.3 is 15.0 Å². The number of rotatable bonds is 5. The van der Waals surface area contributed by atoms with Crippen LogP contribution >= 0.6 is 0 Å². The number of aromatic nitrogens is 1. The van der Waals surface area contributed by atoms with Gasteiger partial charge in [-0.1, -0.05) is 17.3 Å². The highest BCUT2D eigenvalue weighted by molar-refractivity contribution is 5.27. The average molecular weight is 232 g/mol. The van der Waals surface area contributed by atoms with E-state index in [2.05, 4.69) is 5.16 Å². The van der Waals surface area contributed by atoms with Crippen molar-refractivity contribution in [3.8, 4) is 5.75 Å². The summed E-state index contributed by atoms with van der Waals surface area (Å²) in [5.74, 6) is 1.53. The van der Waals surface area contributed by atoms with Gasteiger partial charge in [0, 0.05) is 12.1 Å².